The molecule has 0 N–H and O–H groups in total. The van der Waals surface area contributed by atoms with Gasteiger partial charge in [0.05, 0.1) is 12.7 Å². The van der Waals surface area contributed by atoms with Gasteiger partial charge in [-0.05, 0) is 36.9 Å². The molecule has 0 radical (unpaired) electrons. The molecule has 0 saturated carbocycles. The van der Waals surface area contributed by atoms with E-state index in [0.717, 1.165) is 6.61 Å². The van der Waals surface area contributed by atoms with Crippen LogP contribution in [0.4, 0.5) is 0 Å². The Balaban J connectivity index is 4.31. The van der Waals surface area contributed by atoms with Gasteiger partial charge in [-0.25, -0.2) is 10.0 Å². The van der Waals surface area contributed by atoms with Gasteiger partial charge >= 0.3 is 0 Å². The summed E-state index contributed by atoms with van der Waals surface area (Å²) in [6.07, 6.45) is 5.11. The van der Waals surface area contributed by atoms with Crippen LogP contribution in [0, 0.1) is 5.92 Å². The molecule has 1 atom stereocenters. The quantitative estimate of drug-likeness (QED) is 0.658. The molecule has 0 aromatic rings. The largest absolute Gasteiger partial charge is 0.378 e. The lowest BCUT2D eigenvalue weighted by Gasteiger charge is -2.46. The number of ether oxygens (including phenoxy) is 1. The molecule has 0 bridgehead atoms. The van der Waals surface area contributed by atoms with E-state index >= 15 is 0 Å². The predicted octanol–water partition coefficient (Wildman–Crippen LogP) is 4.13. The minimum Gasteiger partial charge on any atom is -0.378 e. The zero-order chi connectivity index (χ0) is 13.0. The molecule has 0 amide bonds. The SMILES string of the molecule is CC(C)OCC(CCl)CS(C)(C)C(C)(C)C. The first-order chi connectivity index (χ1) is 7.10. The predicted molar refractivity (Wildman–Crippen MR) is 79.4 cm³/mol. The third-order valence-electron chi connectivity index (χ3n) is 3.19. The van der Waals surface area contributed by atoms with Crippen molar-refractivity contribution in [2.24, 2.45) is 5.92 Å². The van der Waals surface area contributed by atoms with E-state index in [2.05, 4.69) is 47.1 Å². The van der Waals surface area contributed by atoms with Gasteiger partial charge in [0.1, 0.15) is 0 Å². The maximum Gasteiger partial charge on any atom is 0.0519 e. The Morgan fingerprint density at radius 2 is 1.69 bits per heavy atom. The van der Waals surface area contributed by atoms with Gasteiger partial charge < -0.3 is 4.74 Å². The molecule has 0 aliphatic carbocycles. The summed E-state index contributed by atoms with van der Waals surface area (Å²) in [6, 6.07) is 0. The summed E-state index contributed by atoms with van der Waals surface area (Å²) in [6.45, 7) is 11.9. The number of halogens is 1. The molecular formula is C13H29ClOS. The van der Waals surface area contributed by atoms with Crippen LogP contribution < -0.4 is 0 Å². The Labute approximate surface area is 109 Å². The summed E-state index contributed by atoms with van der Waals surface area (Å²) < 4.78 is 6.07. The fourth-order valence-electron chi connectivity index (χ4n) is 1.30. The summed E-state index contributed by atoms with van der Waals surface area (Å²) in [5, 5.41) is 0. The molecule has 0 aromatic carbocycles. The van der Waals surface area contributed by atoms with Crippen molar-refractivity contribution in [3.8, 4) is 0 Å². The van der Waals surface area contributed by atoms with Gasteiger partial charge in [-0.1, -0.05) is 20.8 Å². The van der Waals surface area contributed by atoms with Gasteiger partial charge in [-0.15, -0.1) is 11.6 Å². The van der Waals surface area contributed by atoms with Crippen LogP contribution in [0.1, 0.15) is 34.6 Å². The van der Waals surface area contributed by atoms with Crippen LogP contribution in [0.15, 0.2) is 0 Å². The Morgan fingerprint density at radius 3 is 2.00 bits per heavy atom. The molecule has 0 aliphatic heterocycles. The highest BCUT2D eigenvalue weighted by atomic mass is 35.5. The maximum atomic E-state index is 6.04. The van der Waals surface area contributed by atoms with Gasteiger partial charge in [-0.2, -0.15) is 0 Å². The summed E-state index contributed by atoms with van der Waals surface area (Å²) in [5.74, 6) is 2.40. The normalized spacial score (nSPS) is 16.6. The van der Waals surface area contributed by atoms with Gasteiger partial charge in [-0.3, -0.25) is 0 Å². The minimum absolute atomic E-state index is 0.304. The first-order valence-corrected chi connectivity index (χ1v) is 9.13. The number of rotatable bonds is 6. The maximum absolute atomic E-state index is 6.04. The van der Waals surface area contributed by atoms with Crippen molar-refractivity contribution in [2.45, 2.75) is 45.5 Å². The Bertz CT molecular complexity index is 197. The molecule has 0 spiro atoms. The molecular weight excluding hydrogens is 240 g/mol. The summed E-state index contributed by atoms with van der Waals surface area (Å²) >= 11 is 6.04. The molecule has 0 fully saturated rings. The van der Waals surface area contributed by atoms with E-state index < -0.39 is 10.0 Å². The third kappa shape index (κ3) is 5.79. The first kappa shape index (κ1) is 16.6. The van der Waals surface area contributed by atoms with Crippen molar-refractivity contribution in [3.63, 3.8) is 0 Å². The number of hydrogen-bond acceptors (Lipinski definition) is 1. The fraction of sp³-hybridized carbons (Fsp3) is 1.00. The van der Waals surface area contributed by atoms with E-state index in [1.807, 2.05) is 0 Å². The standard InChI is InChI=1S/C13H29ClOS/c1-11(2)15-9-12(8-14)10-16(6,7)13(3,4)5/h11-12H,8-10H2,1-7H3. The van der Waals surface area contributed by atoms with E-state index in [1.54, 1.807) is 0 Å². The van der Waals surface area contributed by atoms with E-state index in [0.29, 0.717) is 22.6 Å². The topological polar surface area (TPSA) is 9.23 Å². The molecule has 1 unspecified atom stereocenters. The van der Waals surface area contributed by atoms with Gasteiger partial charge in [0, 0.05) is 11.8 Å². The van der Waals surface area contributed by atoms with Crippen molar-refractivity contribution < 1.29 is 4.74 Å². The van der Waals surface area contributed by atoms with Crippen LogP contribution in [-0.2, 0) is 4.74 Å². The molecule has 3 heteroatoms. The average Bonchev–Trinajstić information content (AvgIpc) is 2.09. The van der Waals surface area contributed by atoms with Gasteiger partial charge in [0.2, 0.25) is 0 Å². The molecule has 16 heavy (non-hydrogen) atoms. The second-order valence-corrected chi connectivity index (χ2v) is 11.2. The van der Waals surface area contributed by atoms with E-state index in [9.17, 15) is 0 Å². The second-order valence-electron chi connectivity index (χ2n) is 6.22. The molecule has 0 heterocycles. The molecule has 0 aromatic heterocycles. The van der Waals surface area contributed by atoms with Crippen molar-refractivity contribution in [2.75, 3.05) is 30.8 Å². The van der Waals surface area contributed by atoms with Crippen LogP contribution >= 0.6 is 21.6 Å². The molecule has 0 rings (SSSR count). The zero-order valence-corrected chi connectivity index (χ0v) is 13.5. The molecule has 0 aliphatic rings. The molecule has 1 nitrogen and oxygen atoms in total. The Morgan fingerprint density at radius 1 is 1.19 bits per heavy atom. The fourth-order valence-corrected chi connectivity index (χ4v) is 3.53. The van der Waals surface area contributed by atoms with E-state index in [4.69, 9.17) is 16.3 Å². The van der Waals surface area contributed by atoms with Gasteiger partial charge in [0.15, 0.2) is 0 Å². The van der Waals surface area contributed by atoms with Gasteiger partial charge in [0.25, 0.3) is 0 Å². The number of alkyl halides is 1. The van der Waals surface area contributed by atoms with Crippen molar-refractivity contribution in [3.05, 3.63) is 0 Å². The van der Waals surface area contributed by atoms with Crippen molar-refractivity contribution >= 4 is 21.6 Å². The lowest BCUT2D eigenvalue weighted by Crippen LogP contribution is -2.31. The highest BCUT2D eigenvalue weighted by molar-refractivity contribution is 8.33. The first-order valence-electron chi connectivity index (χ1n) is 5.98. The van der Waals surface area contributed by atoms with Crippen LogP contribution in [0.25, 0.3) is 0 Å². The highest BCUT2D eigenvalue weighted by Gasteiger charge is 2.30. The Hall–Kier alpha value is 0.600. The third-order valence-corrected chi connectivity index (χ3v) is 8.25. The summed E-state index contributed by atoms with van der Waals surface area (Å²) in [7, 11) is -0.621. The highest BCUT2D eigenvalue weighted by Crippen LogP contribution is 2.53. The molecule has 0 saturated heterocycles. The van der Waals surface area contributed by atoms with Crippen LogP contribution in [0.3, 0.4) is 0 Å². The van der Waals surface area contributed by atoms with Crippen molar-refractivity contribution in [1.29, 1.82) is 0 Å². The summed E-state index contributed by atoms with van der Waals surface area (Å²) in [4.78, 5) is 0. The lowest BCUT2D eigenvalue weighted by atomic mass is 10.2. The van der Waals surface area contributed by atoms with Crippen molar-refractivity contribution in [1.82, 2.24) is 0 Å². The van der Waals surface area contributed by atoms with E-state index in [1.165, 1.54) is 5.75 Å². The zero-order valence-electron chi connectivity index (χ0n) is 12.0. The number of hydrogen-bond donors (Lipinski definition) is 0. The Kier molecular flexibility index (Phi) is 6.75. The van der Waals surface area contributed by atoms with Crippen LogP contribution in [-0.4, -0.2) is 41.6 Å². The van der Waals surface area contributed by atoms with E-state index in [-0.39, 0.29) is 0 Å². The second kappa shape index (κ2) is 6.51. The minimum atomic E-state index is -0.621. The summed E-state index contributed by atoms with van der Waals surface area (Å²) in [5.41, 5.74) is 0. The molecule has 100 valence electrons. The monoisotopic (exact) mass is 268 g/mol. The lowest BCUT2D eigenvalue weighted by molar-refractivity contribution is 0.0607. The van der Waals surface area contributed by atoms with Crippen LogP contribution in [0.2, 0.25) is 0 Å². The smallest absolute Gasteiger partial charge is 0.0519 e. The van der Waals surface area contributed by atoms with Crippen LogP contribution in [0.5, 0.6) is 0 Å². The average molecular weight is 269 g/mol.